The third-order valence-corrected chi connectivity index (χ3v) is 4.89. The second-order valence-corrected chi connectivity index (χ2v) is 6.15. The van der Waals surface area contributed by atoms with E-state index in [-0.39, 0.29) is 11.6 Å². The van der Waals surface area contributed by atoms with Gasteiger partial charge in [-0.1, -0.05) is 0 Å². The van der Waals surface area contributed by atoms with Crippen LogP contribution in [0.1, 0.15) is 25.5 Å². The number of piperidine rings is 1. The van der Waals surface area contributed by atoms with Crippen LogP contribution in [0.25, 0.3) is 0 Å². The minimum absolute atomic E-state index is 0.138. The average Bonchev–Trinajstić information content (AvgIpc) is 3.13. The van der Waals surface area contributed by atoms with Gasteiger partial charge in [0.2, 0.25) is 5.91 Å². The van der Waals surface area contributed by atoms with Crippen molar-refractivity contribution in [1.82, 2.24) is 20.4 Å². The number of furan rings is 1. The van der Waals surface area contributed by atoms with E-state index >= 15 is 0 Å². The third kappa shape index (κ3) is 2.83. The molecule has 2 N–H and O–H groups in total. The van der Waals surface area contributed by atoms with Gasteiger partial charge in [0.05, 0.1) is 25.0 Å². The summed E-state index contributed by atoms with van der Waals surface area (Å²) in [7, 11) is 0. The topological polar surface area (TPSA) is 60.8 Å². The molecule has 0 bridgehead atoms. The van der Waals surface area contributed by atoms with Gasteiger partial charge in [0.15, 0.2) is 5.11 Å². The molecule has 0 radical (unpaired) electrons. The van der Waals surface area contributed by atoms with E-state index in [1.165, 1.54) is 0 Å². The Kier molecular flexibility index (Phi) is 4.35. The largest absolute Gasteiger partial charge is 0.467 e. The molecule has 1 aromatic heterocycles. The van der Waals surface area contributed by atoms with Crippen molar-refractivity contribution in [1.29, 1.82) is 0 Å². The lowest BCUT2D eigenvalue weighted by Crippen LogP contribution is -2.59. The van der Waals surface area contributed by atoms with Crippen LogP contribution in [0.2, 0.25) is 0 Å². The molecule has 2 aliphatic rings. The molecule has 22 heavy (non-hydrogen) atoms. The summed E-state index contributed by atoms with van der Waals surface area (Å²) >= 11 is 5.38. The predicted molar refractivity (Wildman–Crippen MR) is 87.1 cm³/mol. The number of nitrogens with zero attached hydrogens (tertiary/aromatic N) is 2. The smallest absolute Gasteiger partial charge is 0.238 e. The molecule has 0 unspecified atom stereocenters. The van der Waals surface area contributed by atoms with Crippen LogP contribution in [0.15, 0.2) is 22.8 Å². The van der Waals surface area contributed by atoms with Gasteiger partial charge < -0.3 is 19.5 Å². The Morgan fingerprint density at radius 1 is 1.50 bits per heavy atom. The van der Waals surface area contributed by atoms with Gasteiger partial charge >= 0.3 is 0 Å². The Labute approximate surface area is 135 Å². The van der Waals surface area contributed by atoms with Crippen LogP contribution in [-0.4, -0.2) is 52.7 Å². The Morgan fingerprint density at radius 3 is 2.91 bits per heavy atom. The summed E-state index contributed by atoms with van der Waals surface area (Å²) in [4.78, 5) is 16.4. The zero-order valence-corrected chi connectivity index (χ0v) is 13.6. The fraction of sp³-hybridized carbons (Fsp3) is 0.600. The Morgan fingerprint density at radius 2 is 2.27 bits per heavy atom. The van der Waals surface area contributed by atoms with Crippen LogP contribution in [-0.2, 0) is 11.3 Å². The minimum Gasteiger partial charge on any atom is -0.467 e. The molecule has 1 spiro atoms. The van der Waals surface area contributed by atoms with Crippen LogP contribution in [0, 0.1) is 0 Å². The first-order valence-corrected chi connectivity index (χ1v) is 8.16. The van der Waals surface area contributed by atoms with E-state index < -0.39 is 0 Å². The number of likely N-dealkylation sites (tertiary alicyclic amines) is 1. The van der Waals surface area contributed by atoms with Crippen molar-refractivity contribution >= 4 is 23.2 Å². The van der Waals surface area contributed by atoms with E-state index in [1.807, 2.05) is 24.0 Å². The molecule has 1 amide bonds. The Hall–Kier alpha value is -1.60. The molecule has 2 aliphatic heterocycles. The number of carbonyl (C=O) groups is 1. The maximum atomic E-state index is 12.3. The van der Waals surface area contributed by atoms with Crippen molar-refractivity contribution in [3.05, 3.63) is 24.2 Å². The molecule has 1 aromatic rings. The highest BCUT2D eigenvalue weighted by molar-refractivity contribution is 7.80. The zero-order chi connectivity index (χ0) is 15.6. The highest BCUT2D eigenvalue weighted by Gasteiger charge is 2.47. The number of amides is 1. The van der Waals surface area contributed by atoms with Gasteiger partial charge in [-0.25, -0.2) is 0 Å². The number of rotatable bonds is 3. The van der Waals surface area contributed by atoms with Crippen LogP contribution in [0.4, 0.5) is 0 Å². The van der Waals surface area contributed by atoms with E-state index in [0.717, 1.165) is 43.3 Å². The first-order valence-electron chi connectivity index (χ1n) is 7.75. The maximum Gasteiger partial charge on any atom is 0.238 e. The number of nitrogens with one attached hydrogen (secondary N) is 2. The first-order chi connectivity index (χ1) is 10.6. The normalized spacial score (nSPS) is 20.7. The lowest BCUT2D eigenvalue weighted by molar-refractivity contribution is -0.132. The Bertz CT molecular complexity index is 538. The summed E-state index contributed by atoms with van der Waals surface area (Å²) in [6.45, 7) is 5.50. The molecule has 3 rings (SSSR count). The van der Waals surface area contributed by atoms with Gasteiger partial charge in [-0.3, -0.25) is 10.1 Å². The second kappa shape index (κ2) is 6.26. The van der Waals surface area contributed by atoms with Crippen molar-refractivity contribution in [3.63, 3.8) is 0 Å². The van der Waals surface area contributed by atoms with Crippen molar-refractivity contribution in [3.8, 4) is 0 Å². The van der Waals surface area contributed by atoms with Gasteiger partial charge in [-0.2, -0.15) is 0 Å². The molecular weight excluding hydrogens is 300 g/mol. The second-order valence-electron chi connectivity index (χ2n) is 5.77. The van der Waals surface area contributed by atoms with Gasteiger partial charge in [-0.05, 0) is 31.3 Å². The first kappa shape index (κ1) is 15.3. The lowest BCUT2D eigenvalue weighted by Gasteiger charge is -2.45. The highest BCUT2D eigenvalue weighted by atomic mass is 32.1. The number of hydrogen-bond acceptors (Lipinski definition) is 4. The fourth-order valence-electron chi connectivity index (χ4n) is 3.26. The molecule has 120 valence electrons. The fourth-order valence-corrected chi connectivity index (χ4v) is 3.58. The van der Waals surface area contributed by atoms with Crippen molar-refractivity contribution in [2.75, 3.05) is 26.2 Å². The van der Waals surface area contributed by atoms with Gasteiger partial charge in [0.1, 0.15) is 5.76 Å². The summed E-state index contributed by atoms with van der Waals surface area (Å²) in [5, 5.41) is 7.42. The van der Waals surface area contributed by atoms with Crippen LogP contribution < -0.4 is 10.6 Å². The van der Waals surface area contributed by atoms with E-state index in [2.05, 4.69) is 15.5 Å². The van der Waals surface area contributed by atoms with Crippen molar-refractivity contribution in [2.24, 2.45) is 0 Å². The van der Waals surface area contributed by atoms with Crippen LogP contribution in [0.3, 0.4) is 0 Å². The molecule has 2 saturated heterocycles. The quantitative estimate of drug-likeness (QED) is 0.806. The molecule has 0 aliphatic carbocycles. The molecule has 3 heterocycles. The van der Waals surface area contributed by atoms with Gasteiger partial charge in [0.25, 0.3) is 0 Å². The summed E-state index contributed by atoms with van der Waals surface area (Å²) in [5.41, 5.74) is -0.262. The summed E-state index contributed by atoms with van der Waals surface area (Å²) < 4.78 is 5.41. The summed E-state index contributed by atoms with van der Waals surface area (Å²) in [5.74, 6) is 0.959. The molecule has 7 heteroatoms. The number of hydrogen-bond donors (Lipinski definition) is 2. The molecule has 0 aromatic carbocycles. The molecule has 6 nitrogen and oxygen atoms in total. The standard InChI is InChI=1S/C15H22N4O2S/c1-2-16-14(22)18-7-5-15(6-8-18)17-10-13(20)19(15)11-12-4-3-9-21-12/h3-4,9,17H,2,5-8,10-11H2,1H3,(H,16,22). The van der Waals surface area contributed by atoms with Gasteiger partial charge in [0, 0.05) is 32.5 Å². The monoisotopic (exact) mass is 322 g/mol. The van der Waals surface area contributed by atoms with Crippen LogP contribution >= 0.6 is 12.2 Å². The zero-order valence-electron chi connectivity index (χ0n) is 12.8. The van der Waals surface area contributed by atoms with Crippen molar-refractivity contribution in [2.45, 2.75) is 32.0 Å². The van der Waals surface area contributed by atoms with E-state index in [0.29, 0.717) is 13.1 Å². The lowest BCUT2D eigenvalue weighted by atomic mass is 9.96. The molecule has 2 fully saturated rings. The molecule has 0 saturated carbocycles. The van der Waals surface area contributed by atoms with Crippen LogP contribution in [0.5, 0.6) is 0 Å². The summed E-state index contributed by atoms with van der Waals surface area (Å²) in [6, 6.07) is 3.77. The maximum absolute atomic E-state index is 12.3. The summed E-state index contributed by atoms with van der Waals surface area (Å²) in [6.07, 6.45) is 3.38. The molecular formula is C15H22N4O2S. The average molecular weight is 322 g/mol. The van der Waals surface area contributed by atoms with E-state index in [4.69, 9.17) is 16.6 Å². The SMILES string of the molecule is CCNC(=S)N1CCC2(CC1)NCC(=O)N2Cc1ccco1. The number of thiocarbonyl (C=S) groups is 1. The van der Waals surface area contributed by atoms with E-state index in [1.54, 1.807) is 6.26 Å². The number of carbonyl (C=O) groups excluding carboxylic acids is 1. The minimum atomic E-state index is -0.262. The predicted octanol–water partition coefficient (Wildman–Crippen LogP) is 0.898. The van der Waals surface area contributed by atoms with Crippen molar-refractivity contribution < 1.29 is 9.21 Å². The molecule has 0 atom stereocenters. The highest BCUT2D eigenvalue weighted by Crippen LogP contribution is 2.31. The van der Waals surface area contributed by atoms with E-state index in [9.17, 15) is 4.79 Å². The van der Waals surface area contributed by atoms with Gasteiger partial charge in [-0.15, -0.1) is 0 Å². The third-order valence-electron chi connectivity index (χ3n) is 4.49. The Balaban J connectivity index is 1.67.